The summed E-state index contributed by atoms with van der Waals surface area (Å²) in [4.78, 5) is 0. The Morgan fingerprint density at radius 3 is 2.19 bits per heavy atom. The van der Waals surface area contributed by atoms with Gasteiger partial charge in [0, 0.05) is 18.6 Å². The first-order valence-corrected chi connectivity index (χ1v) is 11.3. The monoisotopic (exact) mass is 463 g/mol. The topological polar surface area (TPSA) is 200 Å². The Morgan fingerprint density at radius 2 is 1.59 bits per heavy atom. The Balaban J connectivity index is 1.67. The van der Waals surface area contributed by atoms with Crippen LogP contribution in [0.5, 0.6) is 0 Å². The van der Waals surface area contributed by atoms with Gasteiger partial charge < -0.3 is 62.1 Å². The van der Waals surface area contributed by atoms with Gasteiger partial charge in [-0.3, -0.25) is 0 Å². The zero-order valence-corrected chi connectivity index (χ0v) is 19.1. The third kappa shape index (κ3) is 5.59. The summed E-state index contributed by atoms with van der Waals surface area (Å²) >= 11 is 0. The van der Waals surface area contributed by atoms with Crippen LogP contribution in [0.2, 0.25) is 0 Å². The number of aliphatic hydroxyl groups is 3. The van der Waals surface area contributed by atoms with E-state index in [1.165, 1.54) is 0 Å². The van der Waals surface area contributed by atoms with Gasteiger partial charge >= 0.3 is 0 Å². The fourth-order valence-corrected chi connectivity index (χ4v) is 4.90. The number of nitrogens with two attached hydrogens (primary N) is 3. The maximum absolute atomic E-state index is 11.1. The van der Waals surface area contributed by atoms with Gasteiger partial charge in [0.05, 0.1) is 24.8 Å². The average molecular weight is 464 g/mol. The zero-order valence-electron chi connectivity index (χ0n) is 19.1. The average Bonchev–Trinajstić information content (AvgIpc) is 2.72. The highest BCUT2D eigenvalue weighted by atomic mass is 16.7. The van der Waals surface area contributed by atoms with Crippen LogP contribution >= 0.6 is 0 Å². The van der Waals surface area contributed by atoms with Crippen molar-refractivity contribution in [2.45, 2.75) is 99.1 Å². The largest absolute Gasteiger partial charge is 0.388 e. The van der Waals surface area contributed by atoms with Gasteiger partial charge in [-0.1, -0.05) is 0 Å². The van der Waals surface area contributed by atoms with E-state index >= 15 is 0 Å². The van der Waals surface area contributed by atoms with E-state index in [9.17, 15) is 15.3 Å². The minimum absolute atomic E-state index is 0.0480. The van der Waals surface area contributed by atoms with Crippen molar-refractivity contribution in [3.63, 3.8) is 0 Å². The van der Waals surface area contributed by atoms with E-state index in [0.29, 0.717) is 13.0 Å². The van der Waals surface area contributed by atoms with E-state index in [1.807, 2.05) is 7.05 Å². The highest BCUT2D eigenvalue weighted by Gasteiger charge is 2.50. The van der Waals surface area contributed by atoms with Crippen molar-refractivity contribution >= 4 is 0 Å². The lowest BCUT2D eigenvalue weighted by molar-refractivity contribution is -0.306. The van der Waals surface area contributed by atoms with Gasteiger partial charge in [0.15, 0.2) is 12.6 Å². The quantitative estimate of drug-likeness (QED) is 0.184. The lowest BCUT2D eigenvalue weighted by atomic mass is 9.84. The summed E-state index contributed by atoms with van der Waals surface area (Å²) in [6, 6.07) is -2.20. The first-order chi connectivity index (χ1) is 15.1. The SMILES string of the molecule is CNC[C@H]1CC[C@@H](N)[C@@H](O[C@@H]2[C@H](O)[C@H](O[C@@H]3OC[C@](C)(O)[C@@H](NC)[C@H]3O)[C@H](N)C[C@@H]2N)O1. The first-order valence-electron chi connectivity index (χ1n) is 11.3. The van der Waals surface area contributed by atoms with E-state index in [0.717, 1.165) is 12.8 Å². The molecule has 0 unspecified atom stereocenters. The van der Waals surface area contributed by atoms with Gasteiger partial charge in [-0.25, -0.2) is 0 Å². The fraction of sp³-hybridized carbons (Fsp3) is 1.00. The van der Waals surface area contributed by atoms with Crippen LogP contribution in [0, 0.1) is 0 Å². The number of likely N-dealkylation sites (N-methyl/N-ethyl adjacent to an activating group) is 2. The lowest BCUT2D eigenvalue weighted by Crippen LogP contribution is -2.68. The third-order valence-electron chi connectivity index (χ3n) is 6.72. The third-order valence-corrected chi connectivity index (χ3v) is 6.72. The number of aliphatic hydroxyl groups excluding tert-OH is 2. The van der Waals surface area contributed by atoms with Gasteiger partial charge in [0.2, 0.25) is 0 Å². The first kappa shape index (κ1) is 26.1. The maximum Gasteiger partial charge on any atom is 0.185 e. The van der Waals surface area contributed by atoms with Crippen molar-refractivity contribution < 1.29 is 34.3 Å². The summed E-state index contributed by atoms with van der Waals surface area (Å²) in [5, 5.41) is 38.1. The smallest absolute Gasteiger partial charge is 0.185 e. The van der Waals surface area contributed by atoms with E-state index in [2.05, 4.69) is 10.6 Å². The van der Waals surface area contributed by atoms with Crippen molar-refractivity contribution in [3.8, 4) is 0 Å². The van der Waals surface area contributed by atoms with E-state index in [4.69, 9.17) is 36.1 Å². The van der Waals surface area contributed by atoms with Gasteiger partial charge in [0.1, 0.15) is 30.0 Å². The van der Waals surface area contributed by atoms with Gasteiger partial charge in [0.25, 0.3) is 0 Å². The van der Waals surface area contributed by atoms with Crippen LogP contribution in [0.15, 0.2) is 0 Å². The molecule has 0 aromatic carbocycles. The fourth-order valence-electron chi connectivity index (χ4n) is 4.90. The molecule has 3 aliphatic rings. The summed E-state index contributed by atoms with van der Waals surface area (Å²) in [5.74, 6) is 0. The Hall–Kier alpha value is -0.480. The summed E-state index contributed by atoms with van der Waals surface area (Å²) in [6.07, 6.45) is -4.12. The molecule has 32 heavy (non-hydrogen) atoms. The van der Waals surface area contributed by atoms with Crippen molar-refractivity contribution in [2.24, 2.45) is 17.2 Å². The highest BCUT2D eigenvalue weighted by molar-refractivity contribution is 5.01. The Morgan fingerprint density at radius 1 is 0.969 bits per heavy atom. The highest BCUT2D eigenvalue weighted by Crippen LogP contribution is 2.31. The normalized spacial score (nSPS) is 50.3. The maximum atomic E-state index is 11.1. The second-order valence-electron chi connectivity index (χ2n) is 9.47. The molecule has 3 fully saturated rings. The van der Waals surface area contributed by atoms with Crippen LogP contribution in [0.3, 0.4) is 0 Å². The second-order valence-corrected chi connectivity index (χ2v) is 9.47. The molecule has 0 bridgehead atoms. The molecule has 0 radical (unpaired) electrons. The number of hydrogen-bond donors (Lipinski definition) is 8. The minimum atomic E-state index is -1.28. The van der Waals surface area contributed by atoms with Crippen molar-refractivity contribution in [3.05, 3.63) is 0 Å². The van der Waals surface area contributed by atoms with Crippen LogP contribution < -0.4 is 27.8 Å². The molecule has 0 aromatic heterocycles. The van der Waals surface area contributed by atoms with Gasteiger partial charge in [-0.2, -0.15) is 0 Å². The van der Waals surface area contributed by atoms with E-state index in [-0.39, 0.29) is 18.8 Å². The minimum Gasteiger partial charge on any atom is -0.388 e. The molecule has 2 aliphatic heterocycles. The summed E-state index contributed by atoms with van der Waals surface area (Å²) in [7, 11) is 3.47. The number of hydrogen-bond acceptors (Lipinski definition) is 12. The van der Waals surface area contributed by atoms with Gasteiger partial charge in [-0.05, 0) is 40.3 Å². The summed E-state index contributed by atoms with van der Waals surface area (Å²) in [6.45, 7) is 2.16. The Kier molecular flexibility index (Phi) is 8.86. The van der Waals surface area contributed by atoms with Crippen molar-refractivity contribution in [1.29, 1.82) is 0 Å². The molecule has 2 saturated heterocycles. The molecule has 0 aromatic rings. The molecular weight excluding hydrogens is 422 g/mol. The van der Waals surface area contributed by atoms with Crippen molar-refractivity contribution in [2.75, 3.05) is 27.2 Å². The number of nitrogens with one attached hydrogen (secondary N) is 2. The summed E-state index contributed by atoms with van der Waals surface area (Å²) in [5.41, 5.74) is 17.4. The van der Waals surface area contributed by atoms with E-state index < -0.39 is 60.7 Å². The standard InChI is InChI=1S/C20H41N5O7/c1-20(28)8-29-19(14(27)17(20)25-3)32-16-12(23)6-11(22)15(13(16)26)31-18-10(21)5-4-9(30-18)7-24-2/h9-19,24-28H,4-8,21-23H2,1-3H3/t9-,10-,11+,12-,13+,14-,15+,16-,17+,18-,19+,20+/m1/s1. The van der Waals surface area contributed by atoms with Crippen LogP contribution in [-0.2, 0) is 18.9 Å². The summed E-state index contributed by atoms with van der Waals surface area (Å²) < 4.78 is 23.5. The molecule has 11 N–H and O–H groups in total. The van der Waals surface area contributed by atoms with E-state index in [1.54, 1.807) is 14.0 Å². The predicted molar refractivity (Wildman–Crippen MR) is 115 cm³/mol. The Bertz CT molecular complexity index is 603. The van der Waals surface area contributed by atoms with Crippen LogP contribution in [-0.4, -0.2) is 115 Å². The van der Waals surface area contributed by atoms with Gasteiger partial charge in [-0.15, -0.1) is 0 Å². The predicted octanol–water partition coefficient (Wildman–Crippen LogP) is -3.72. The molecule has 12 atom stereocenters. The molecule has 1 aliphatic carbocycles. The van der Waals surface area contributed by atoms with Crippen LogP contribution in [0.1, 0.15) is 26.2 Å². The molecule has 0 amide bonds. The number of rotatable bonds is 7. The lowest BCUT2D eigenvalue weighted by Gasteiger charge is -2.48. The molecular formula is C20H41N5O7. The van der Waals surface area contributed by atoms with Crippen LogP contribution in [0.4, 0.5) is 0 Å². The zero-order chi connectivity index (χ0) is 23.6. The molecule has 12 heteroatoms. The number of ether oxygens (including phenoxy) is 4. The molecule has 188 valence electrons. The van der Waals surface area contributed by atoms with Crippen molar-refractivity contribution in [1.82, 2.24) is 10.6 Å². The second kappa shape index (κ2) is 10.8. The molecule has 3 rings (SSSR count). The molecule has 12 nitrogen and oxygen atoms in total. The Labute approximate surface area is 189 Å². The van der Waals surface area contributed by atoms with Crippen LogP contribution in [0.25, 0.3) is 0 Å². The molecule has 0 spiro atoms. The molecule has 2 heterocycles. The molecule has 1 saturated carbocycles.